The van der Waals surface area contributed by atoms with Crippen molar-refractivity contribution in [1.29, 1.82) is 0 Å². The van der Waals surface area contributed by atoms with Crippen molar-refractivity contribution in [2.24, 2.45) is 5.92 Å². The molecule has 1 atom stereocenters. The maximum atomic E-state index is 4.10. The molecule has 2 nitrogen and oxygen atoms in total. The average molecular weight is 589 g/mol. The normalized spacial score (nSPS) is 18.5. The van der Waals surface area contributed by atoms with E-state index in [9.17, 15) is 0 Å². The van der Waals surface area contributed by atoms with E-state index in [4.69, 9.17) is 0 Å². The zero-order chi connectivity index (χ0) is 31.4. The smallest absolute Gasteiger partial charge is 0.0420 e. The minimum atomic E-state index is 0.362. The molecule has 5 rings (SSSR count). The van der Waals surface area contributed by atoms with Gasteiger partial charge in [0.1, 0.15) is 0 Å². The Labute approximate surface area is 270 Å². The molecular formula is C43H44N2. The number of allylic oxidation sites excluding steroid dienone is 20. The zero-order valence-electron chi connectivity index (χ0n) is 26.6. The molecule has 0 amide bonds. The zero-order valence-corrected chi connectivity index (χ0v) is 26.6. The molecule has 3 aliphatic rings. The Bertz CT molecular complexity index is 1760. The van der Waals surface area contributed by atoms with Gasteiger partial charge >= 0.3 is 0 Å². The Hall–Kier alpha value is -5.08. The lowest BCUT2D eigenvalue weighted by Gasteiger charge is -2.24. The lowest BCUT2D eigenvalue weighted by molar-refractivity contribution is 0.536. The first-order chi connectivity index (χ1) is 22.0. The van der Waals surface area contributed by atoms with Crippen LogP contribution in [0.1, 0.15) is 31.7 Å². The number of anilines is 1. The van der Waals surface area contributed by atoms with Crippen LogP contribution in [0.3, 0.4) is 0 Å². The summed E-state index contributed by atoms with van der Waals surface area (Å²) in [7, 11) is 2.14. The van der Waals surface area contributed by atoms with Crippen LogP contribution in [0, 0.1) is 5.92 Å². The highest BCUT2D eigenvalue weighted by Crippen LogP contribution is 2.30. The molecule has 0 radical (unpaired) electrons. The molecule has 45 heavy (non-hydrogen) atoms. The Balaban J connectivity index is 1.29. The molecule has 0 fully saturated rings. The first-order valence-corrected chi connectivity index (χ1v) is 15.9. The van der Waals surface area contributed by atoms with Crippen LogP contribution in [0.15, 0.2) is 187 Å². The molecule has 0 aromatic heterocycles. The van der Waals surface area contributed by atoms with Crippen molar-refractivity contribution in [3.63, 3.8) is 0 Å². The van der Waals surface area contributed by atoms with E-state index in [1.54, 1.807) is 6.08 Å². The van der Waals surface area contributed by atoms with Crippen molar-refractivity contribution >= 4 is 22.5 Å². The third-order valence-corrected chi connectivity index (χ3v) is 8.20. The minimum Gasteiger partial charge on any atom is -0.354 e. The Kier molecular flexibility index (Phi) is 10.9. The van der Waals surface area contributed by atoms with Crippen molar-refractivity contribution in [3.05, 3.63) is 193 Å². The predicted octanol–water partition coefficient (Wildman–Crippen LogP) is 11.1. The summed E-state index contributed by atoms with van der Waals surface area (Å²) >= 11 is 0. The Morgan fingerprint density at radius 1 is 0.956 bits per heavy atom. The van der Waals surface area contributed by atoms with Gasteiger partial charge in [0.25, 0.3) is 0 Å². The number of hydrogen-bond acceptors (Lipinski definition) is 2. The molecule has 1 unspecified atom stereocenters. The van der Waals surface area contributed by atoms with Gasteiger partial charge in [-0.15, -0.1) is 0 Å². The highest BCUT2D eigenvalue weighted by atomic mass is 15.1. The summed E-state index contributed by atoms with van der Waals surface area (Å²) in [6, 6.07) is 13.5. The fourth-order valence-corrected chi connectivity index (χ4v) is 5.73. The first kappa shape index (κ1) is 31.3. The van der Waals surface area contributed by atoms with Crippen LogP contribution < -0.4 is 4.90 Å². The van der Waals surface area contributed by atoms with Crippen LogP contribution >= 0.6 is 0 Å². The maximum absolute atomic E-state index is 4.10. The van der Waals surface area contributed by atoms with E-state index >= 15 is 0 Å². The summed E-state index contributed by atoms with van der Waals surface area (Å²) in [4.78, 5) is 4.56. The van der Waals surface area contributed by atoms with Crippen molar-refractivity contribution < 1.29 is 0 Å². The second-order valence-electron chi connectivity index (χ2n) is 11.5. The molecule has 2 aromatic carbocycles. The van der Waals surface area contributed by atoms with Gasteiger partial charge in [0, 0.05) is 36.9 Å². The van der Waals surface area contributed by atoms with Gasteiger partial charge in [-0.25, -0.2) is 0 Å². The Morgan fingerprint density at radius 3 is 2.60 bits per heavy atom. The van der Waals surface area contributed by atoms with Crippen LogP contribution in [-0.4, -0.2) is 18.5 Å². The minimum absolute atomic E-state index is 0.362. The average Bonchev–Trinajstić information content (AvgIpc) is 3.50. The number of nitrogens with zero attached hydrogens (tertiary/aromatic N) is 2. The van der Waals surface area contributed by atoms with Crippen LogP contribution in [0.2, 0.25) is 0 Å². The quantitative estimate of drug-likeness (QED) is 0.228. The lowest BCUT2D eigenvalue weighted by atomic mass is 9.89. The SMILES string of the molecule is C=C/C=C\C=C/CN(C1=CC(=C)C=C1)c1ccc2cc(/C=C/C3C=C(/C=C\C)C(/C=C/N(C)C4=CC=CCC4)=CC3)ccc2c1. The summed E-state index contributed by atoms with van der Waals surface area (Å²) in [5.74, 6) is 0.362. The van der Waals surface area contributed by atoms with Crippen molar-refractivity contribution in [1.82, 2.24) is 4.90 Å². The fourth-order valence-electron chi connectivity index (χ4n) is 5.73. The van der Waals surface area contributed by atoms with E-state index < -0.39 is 0 Å². The fraction of sp³-hybridized carbons (Fsp3) is 0.163. The number of fused-ring (bicyclic) bond motifs is 1. The molecule has 0 aliphatic heterocycles. The molecule has 0 spiro atoms. The van der Waals surface area contributed by atoms with Gasteiger partial charge in [-0.05, 0) is 108 Å². The molecule has 0 N–H and O–H groups in total. The van der Waals surface area contributed by atoms with Gasteiger partial charge in [-0.2, -0.15) is 0 Å². The van der Waals surface area contributed by atoms with E-state index in [1.807, 2.05) is 12.2 Å². The molecule has 226 valence electrons. The van der Waals surface area contributed by atoms with Gasteiger partial charge in [0.15, 0.2) is 0 Å². The van der Waals surface area contributed by atoms with Gasteiger partial charge in [-0.1, -0.05) is 116 Å². The maximum Gasteiger partial charge on any atom is 0.0420 e. The number of rotatable bonds is 12. The molecule has 3 aliphatic carbocycles. The largest absolute Gasteiger partial charge is 0.354 e. The van der Waals surface area contributed by atoms with Crippen LogP contribution in [-0.2, 0) is 0 Å². The van der Waals surface area contributed by atoms with E-state index in [0.717, 1.165) is 42.8 Å². The summed E-state index contributed by atoms with van der Waals surface area (Å²) < 4.78 is 0. The van der Waals surface area contributed by atoms with Gasteiger partial charge in [-0.3, -0.25) is 0 Å². The second-order valence-corrected chi connectivity index (χ2v) is 11.5. The molecular weight excluding hydrogens is 544 g/mol. The van der Waals surface area contributed by atoms with Gasteiger partial charge < -0.3 is 9.80 Å². The highest BCUT2D eigenvalue weighted by Gasteiger charge is 2.14. The van der Waals surface area contributed by atoms with Gasteiger partial charge in [0.2, 0.25) is 0 Å². The van der Waals surface area contributed by atoms with Crippen molar-refractivity contribution in [2.75, 3.05) is 18.5 Å². The van der Waals surface area contributed by atoms with Crippen LogP contribution in [0.5, 0.6) is 0 Å². The first-order valence-electron chi connectivity index (χ1n) is 15.9. The summed E-state index contributed by atoms with van der Waals surface area (Å²) in [6.45, 7) is 10.7. The van der Waals surface area contributed by atoms with E-state index in [1.165, 1.54) is 33.2 Å². The third-order valence-electron chi connectivity index (χ3n) is 8.20. The molecule has 0 bridgehead atoms. The molecule has 2 aromatic rings. The topological polar surface area (TPSA) is 6.48 Å². The second kappa shape index (κ2) is 15.6. The lowest BCUT2D eigenvalue weighted by Crippen LogP contribution is -2.20. The number of hydrogen-bond donors (Lipinski definition) is 0. The van der Waals surface area contributed by atoms with Crippen molar-refractivity contribution in [3.8, 4) is 0 Å². The monoisotopic (exact) mass is 588 g/mol. The van der Waals surface area contributed by atoms with E-state index in [0.29, 0.717) is 5.92 Å². The third kappa shape index (κ3) is 8.52. The summed E-state index contributed by atoms with van der Waals surface area (Å²) in [6.07, 6.45) is 44.2. The molecule has 0 saturated heterocycles. The molecule has 0 heterocycles. The molecule has 2 heteroatoms. The molecule has 0 saturated carbocycles. The van der Waals surface area contributed by atoms with Gasteiger partial charge in [0.05, 0.1) is 0 Å². The summed E-state index contributed by atoms with van der Waals surface area (Å²) in [5, 5.41) is 2.46. The van der Waals surface area contributed by atoms with E-state index in [2.05, 4.69) is 171 Å². The van der Waals surface area contributed by atoms with Crippen LogP contribution in [0.4, 0.5) is 5.69 Å². The Morgan fingerprint density at radius 2 is 1.82 bits per heavy atom. The van der Waals surface area contributed by atoms with E-state index in [-0.39, 0.29) is 0 Å². The summed E-state index contributed by atoms with van der Waals surface area (Å²) in [5.41, 5.74) is 8.46. The van der Waals surface area contributed by atoms with Crippen LogP contribution in [0.25, 0.3) is 16.8 Å². The highest BCUT2D eigenvalue weighted by molar-refractivity contribution is 5.88. The number of benzene rings is 2. The van der Waals surface area contributed by atoms with Crippen molar-refractivity contribution in [2.45, 2.75) is 26.2 Å². The predicted molar refractivity (Wildman–Crippen MR) is 198 cm³/mol. The standard InChI is InChI=1S/C43H44N2/c1-5-7-8-9-13-28-45(42-25-17-34(3)30-42)43-26-24-39-32-36(21-23-40(39)33-43)19-18-35-20-22-37(38(31-35)14-6-2)27-29-44(4)41-15-11-10-12-16-41/h5-11,13-15,17-19,21-27,29-33,35H,1,3,12,16,20,28H2,2,4H3/b8-7-,13-9-,14-6-,19-18+,29-27+.